The van der Waals surface area contributed by atoms with Crippen LogP contribution in [0.2, 0.25) is 0 Å². The first kappa shape index (κ1) is 17.9. The zero-order valence-electron chi connectivity index (χ0n) is 13.8. The van der Waals surface area contributed by atoms with Crippen molar-refractivity contribution in [1.82, 2.24) is 14.8 Å². The monoisotopic (exact) mass is 410 g/mol. The summed E-state index contributed by atoms with van der Waals surface area (Å²) in [7, 11) is 0. The molecule has 2 atom stereocenters. The molecule has 1 saturated heterocycles. The van der Waals surface area contributed by atoms with E-state index in [4.69, 9.17) is 10.5 Å². The van der Waals surface area contributed by atoms with E-state index in [1.807, 2.05) is 0 Å². The Morgan fingerprint density at radius 2 is 2.17 bits per heavy atom. The Hall–Kier alpha value is -0.890. The Labute approximate surface area is 155 Å². The summed E-state index contributed by atoms with van der Waals surface area (Å²) < 4.78 is 9.05. The quantitative estimate of drug-likeness (QED) is 0.700. The van der Waals surface area contributed by atoms with Crippen molar-refractivity contribution in [2.75, 3.05) is 6.61 Å². The van der Waals surface area contributed by atoms with E-state index in [-0.39, 0.29) is 12.1 Å². The average molecular weight is 411 g/mol. The van der Waals surface area contributed by atoms with E-state index in [1.54, 1.807) is 11.8 Å². The van der Waals surface area contributed by atoms with E-state index < -0.39 is 0 Å². The molecule has 0 amide bonds. The highest BCUT2D eigenvalue weighted by atomic mass is 79.9. The van der Waals surface area contributed by atoms with Crippen molar-refractivity contribution in [3.63, 3.8) is 0 Å². The van der Waals surface area contributed by atoms with Gasteiger partial charge in [0.25, 0.3) is 0 Å². The normalized spacial score (nSPS) is 18.9. The largest absolute Gasteiger partial charge is 0.376 e. The minimum atomic E-state index is -0.0825. The second-order valence-corrected chi connectivity index (χ2v) is 7.87. The van der Waals surface area contributed by atoms with Gasteiger partial charge in [0.05, 0.1) is 18.7 Å². The van der Waals surface area contributed by atoms with Gasteiger partial charge >= 0.3 is 0 Å². The molecule has 1 aromatic heterocycles. The fourth-order valence-electron chi connectivity index (χ4n) is 2.76. The smallest absolute Gasteiger partial charge is 0.191 e. The number of aromatic nitrogens is 3. The zero-order chi connectivity index (χ0) is 16.9. The second kappa shape index (κ2) is 8.47. The van der Waals surface area contributed by atoms with Crippen LogP contribution >= 0.6 is 27.7 Å². The Balaban J connectivity index is 1.75. The SMILES string of the molecule is CCC(N)c1nnc(SCc2ccc(Br)cc2)n1CC1CCCO1. The van der Waals surface area contributed by atoms with Crippen LogP contribution in [0.1, 0.15) is 43.6 Å². The number of thioether (sulfide) groups is 1. The van der Waals surface area contributed by atoms with Gasteiger partial charge in [-0.15, -0.1) is 10.2 Å². The van der Waals surface area contributed by atoms with Gasteiger partial charge in [0, 0.05) is 16.8 Å². The third kappa shape index (κ3) is 4.39. The Kier molecular flexibility index (Phi) is 6.32. The van der Waals surface area contributed by atoms with Crippen molar-refractivity contribution in [2.24, 2.45) is 5.73 Å². The van der Waals surface area contributed by atoms with Crippen LogP contribution in [-0.2, 0) is 17.0 Å². The number of hydrogen-bond donors (Lipinski definition) is 1. The third-order valence-electron chi connectivity index (χ3n) is 4.21. The van der Waals surface area contributed by atoms with Crippen LogP contribution in [0.4, 0.5) is 0 Å². The van der Waals surface area contributed by atoms with Crippen molar-refractivity contribution >= 4 is 27.7 Å². The Bertz CT molecular complexity index is 655. The maximum atomic E-state index is 6.23. The van der Waals surface area contributed by atoms with Crippen molar-refractivity contribution in [2.45, 2.75) is 55.8 Å². The van der Waals surface area contributed by atoms with E-state index in [2.05, 4.69) is 61.9 Å². The summed E-state index contributed by atoms with van der Waals surface area (Å²) in [6.45, 7) is 3.71. The highest BCUT2D eigenvalue weighted by Gasteiger charge is 2.23. The van der Waals surface area contributed by atoms with Crippen LogP contribution in [0.15, 0.2) is 33.9 Å². The van der Waals surface area contributed by atoms with E-state index in [0.717, 1.165) is 53.6 Å². The molecular formula is C17H23BrN4OS. The third-order valence-corrected chi connectivity index (χ3v) is 5.77. The zero-order valence-corrected chi connectivity index (χ0v) is 16.2. The summed E-state index contributed by atoms with van der Waals surface area (Å²) in [4.78, 5) is 0. The van der Waals surface area contributed by atoms with Crippen LogP contribution in [0.3, 0.4) is 0 Å². The molecule has 2 unspecified atom stereocenters. The minimum Gasteiger partial charge on any atom is -0.376 e. The maximum Gasteiger partial charge on any atom is 0.191 e. The van der Waals surface area contributed by atoms with E-state index in [9.17, 15) is 0 Å². The summed E-state index contributed by atoms with van der Waals surface area (Å²) >= 11 is 5.17. The summed E-state index contributed by atoms with van der Waals surface area (Å²) in [6, 6.07) is 8.28. The Morgan fingerprint density at radius 1 is 1.38 bits per heavy atom. The topological polar surface area (TPSA) is 66.0 Å². The van der Waals surface area contributed by atoms with Crippen LogP contribution in [0.5, 0.6) is 0 Å². The lowest BCUT2D eigenvalue weighted by molar-refractivity contribution is 0.0938. The van der Waals surface area contributed by atoms with Gasteiger partial charge in [-0.1, -0.05) is 46.7 Å². The standard InChI is InChI=1S/C17H23BrN4OS/c1-2-15(19)16-20-21-17(22(16)10-14-4-3-9-23-14)24-11-12-5-7-13(18)8-6-12/h5-8,14-15H,2-4,9-11,19H2,1H3. The molecule has 2 N–H and O–H groups in total. The first-order chi connectivity index (χ1) is 11.7. The van der Waals surface area contributed by atoms with Gasteiger partial charge in [-0.05, 0) is 37.0 Å². The summed E-state index contributed by atoms with van der Waals surface area (Å²) in [5.41, 5.74) is 7.49. The molecule has 1 aliphatic rings. The van der Waals surface area contributed by atoms with E-state index in [1.165, 1.54) is 5.56 Å². The molecule has 0 spiro atoms. The second-order valence-electron chi connectivity index (χ2n) is 6.02. The molecule has 5 nitrogen and oxygen atoms in total. The van der Waals surface area contributed by atoms with E-state index in [0.29, 0.717) is 0 Å². The lowest BCUT2D eigenvalue weighted by Gasteiger charge is -2.17. The van der Waals surface area contributed by atoms with Gasteiger partial charge in [-0.3, -0.25) is 0 Å². The van der Waals surface area contributed by atoms with E-state index >= 15 is 0 Å². The molecule has 3 rings (SSSR count). The first-order valence-corrected chi connectivity index (χ1v) is 10.1. The van der Waals surface area contributed by atoms with Gasteiger partial charge in [0.2, 0.25) is 0 Å². The molecule has 0 bridgehead atoms. The van der Waals surface area contributed by atoms with Gasteiger partial charge < -0.3 is 15.0 Å². The van der Waals surface area contributed by atoms with Crippen LogP contribution in [0, 0.1) is 0 Å². The number of benzene rings is 1. The number of nitrogens with zero attached hydrogens (tertiary/aromatic N) is 3. The number of hydrogen-bond acceptors (Lipinski definition) is 5. The summed E-state index contributed by atoms with van der Waals surface area (Å²) in [5, 5.41) is 9.67. The predicted octanol–water partition coefficient (Wildman–Crippen LogP) is 3.92. The van der Waals surface area contributed by atoms with Crippen LogP contribution in [-0.4, -0.2) is 27.5 Å². The fraction of sp³-hybridized carbons (Fsp3) is 0.529. The van der Waals surface area contributed by atoms with Gasteiger partial charge in [-0.2, -0.15) is 0 Å². The summed E-state index contributed by atoms with van der Waals surface area (Å²) in [6.07, 6.45) is 3.32. The van der Waals surface area contributed by atoms with Crippen molar-refractivity contribution in [3.8, 4) is 0 Å². The fourth-order valence-corrected chi connectivity index (χ4v) is 3.93. The van der Waals surface area contributed by atoms with Crippen molar-refractivity contribution in [1.29, 1.82) is 0 Å². The van der Waals surface area contributed by atoms with Crippen LogP contribution < -0.4 is 5.73 Å². The van der Waals surface area contributed by atoms with Gasteiger partial charge in [-0.25, -0.2) is 0 Å². The molecule has 0 radical (unpaired) electrons. The lowest BCUT2D eigenvalue weighted by atomic mass is 10.2. The number of rotatable bonds is 7. The number of nitrogens with two attached hydrogens (primary N) is 1. The van der Waals surface area contributed by atoms with Gasteiger partial charge in [0.15, 0.2) is 11.0 Å². The maximum absolute atomic E-state index is 6.23. The highest BCUT2D eigenvalue weighted by Crippen LogP contribution is 2.27. The molecule has 0 aliphatic carbocycles. The molecule has 1 aromatic carbocycles. The van der Waals surface area contributed by atoms with Crippen molar-refractivity contribution in [3.05, 3.63) is 40.1 Å². The molecule has 130 valence electrons. The molecular weight excluding hydrogens is 388 g/mol. The molecule has 2 aromatic rings. The number of halogens is 1. The van der Waals surface area contributed by atoms with Crippen molar-refractivity contribution < 1.29 is 4.74 Å². The molecule has 0 saturated carbocycles. The molecule has 7 heteroatoms. The molecule has 2 heterocycles. The molecule has 24 heavy (non-hydrogen) atoms. The lowest BCUT2D eigenvalue weighted by Crippen LogP contribution is -2.22. The summed E-state index contributed by atoms with van der Waals surface area (Å²) in [5.74, 6) is 1.73. The molecule has 1 aliphatic heterocycles. The average Bonchev–Trinajstić information content (AvgIpc) is 3.24. The van der Waals surface area contributed by atoms with Crippen LogP contribution in [0.25, 0.3) is 0 Å². The Morgan fingerprint density at radius 3 is 2.83 bits per heavy atom. The number of ether oxygens (including phenoxy) is 1. The van der Waals surface area contributed by atoms with Gasteiger partial charge in [0.1, 0.15) is 0 Å². The first-order valence-electron chi connectivity index (χ1n) is 8.35. The highest BCUT2D eigenvalue weighted by molar-refractivity contribution is 9.10. The molecule has 1 fully saturated rings. The minimum absolute atomic E-state index is 0.0825. The predicted molar refractivity (Wildman–Crippen MR) is 99.9 cm³/mol.